The zero-order valence-corrected chi connectivity index (χ0v) is 13.0. The first kappa shape index (κ1) is 14.9. The molecule has 0 aliphatic rings. The van der Waals surface area contributed by atoms with Crippen LogP contribution < -0.4 is 10.1 Å². The van der Waals surface area contributed by atoms with Crippen LogP contribution >= 0.6 is 27.7 Å². The van der Waals surface area contributed by atoms with Gasteiger partial charge in [0, 0.05) is 11.0 Å². The average Bonchev–Trinajstić information content (AvgIpc) is 2.32. The Morgan fingerprint density at radius 3 is 2.88 bits per heavy atom. The van der Waals surface area contributed by atoms with Gasteiger partial charge in [0.15, 0.2) is 0 Å². The standard InChI is InChI=1S/C13H20BrNOS/c1-10(9-17-3)7-15-8-11-6-12(16-2)4-5-13(11)14/h4-6,10,15H,7-9H2,1-3H3. The molecule has 1 aromatic rings. The minimum absolute atomic E-state index is 0.703. The third kappa shape index (κ3) is 5.32. The number of methoxy groups -OCH3 is 1. The number of hydrogen-bond acceptors (Lipinski definition) is 3. The van der Waals surface area contributed by atoms with Crippen molar-refractivity contribution < 1.29 is 4.74 Å². The number of hydrogen-bond donors (Lipinski definition) is 1. The summed E-state index contributed by atoms with van der Waals surface area (Å²) in [6.07, 6.45) is 2.15. The molecule has 1 unspecified atom stereocenters. The lowest BCUT2D eigenvalue weighted by Crippen LogP contribution is -2.22. The first-order valence-electron chi connectivity index (χ1n) is 5.69. The van der Waals surface area contributed by atoms with Gasteiger partial charge >= 0.3 is 0 Å². The molecule has 0 bridgehead atoms. The first-order chi connectivity index (χ1) is 8.17. The van der Waals surface area contributed by atoms with Gasteiger partial charge in [-0.05, 0) is 48.2 Å². The van der Waals surface area contributed by atoms with E-state index in [-0.39, 0.29) is 0 Å². The van der Waals surface area contributed by atoms with Gasteiger partial charge in [0.1, 0.15) is 5.75 Å². The van der Waals surface area contributed by atoms with Gasteiger partial charge in [0.25, 0.3) is 0 Å². The van der Waals surface area contributed by atoms with Crippen molar-refractivity contribution in [1.82, 2.24) is 5.32 Å². The highest BCUT2D eigenvalue weighted by Crippen LogP contribution is 2.22. The molecule has 4 heteroatoms. The third-order valence-corrected chi connectivity index (χ3v) is 4.19. The monoisotopic (exact) mass is 317 g/mol. The fourth-order valence-electron chi connectivity index (χ4n) is 1.61. The van der Waals surface area contributed by atoms with E-state index >= 15 is 0 Å². The van der Waals surface area contributed by atoms with E-state index < -0.39 is 0 Å². The van der Waals surface area contributed by atoms with Crippen molar-refractivity contribution in [2.45, 2.75) is 13.5 Å². The Bertz CT molecular complexity index is 346. The summed E-state index contributed by atoms with van der Waals surface area (Å²) in [5.74, 6) is 2.81. The maximum absolute atomic E-state index is 5.22. The summed E-state index contributed by atoms with van der Waals surface area (Å²) in [5.41, 5.74) is 1.24. The minimum atomic E-state index is 0.703. The topological polar surface area (TPSA) is 21.3 Å². The molecule has 0 amide bonds. The molecule has 17 heavy (non-hydrogen) atoms. The van der Waals surface area contributed by atoms with Crippen LogP contribution in [0.5, 0.6) is 5.75 Å². The van der Waals surface area contributed by atoms with Gasteiger partial charge in [-0.2, -0.15) is 11.8 Å². The highest BCUT2D eigenvalue weighted by Gasteiger charge is 2.04. The van der Waals surface area contributed by atoms with Crippen molar-refractivity contribution >= 4 is 27.7 Å². The molecule has 1 atom stereocenters. The molecule has 96 valence electrons. The highest BCUT2D eigenvalue weighted by molar-refractivity contribution is 9.10. The van der Waals surface area contributed by atoms with Crippen LogP contribution in [0, 0.1) is 5.92 Å². The summed E-state index contributed by atoms with van der Waals surface area (Å²) in [7, 11) is 1.70. The fourth-order valence-corrected chi connectivity index (χ4v) is 2.68. The van der Waals surface area contributed by atoms with Crippen LogP contribution in [0.2, 0.25) is 0 Å². The zero-order valence-electron chi connectivity index (χ0n) is 10.6. The Morgan fingerprint density at radius 1 is 1.47 bits per heavy atom. The number of halogens is 1. The zero-order chi connectivity index (χ0) is 12.7. The van der Waals surface area contributed by atoms with Crippen LogP contribution in [0.15, 0.2) is 22.7 Å². The number of thioether (sulfide) groups is 1. The Balaban J connectivity index is 2.45. The molecule has 0 aliphatic heterocycles. The van der Waals surface area contributed by atoms with Gasteiger partial charge in [-0.1, -0.05) is 22.9 Å². The Labute approximate surface area is 117 Å². The number of benzene rings is 1. The smallest absolute Gasteiger partial charge is 0.119 e. The van der Waals surface area contributed by atoms with Crippen molar-refractivity contribution in [2.24, 2.45) is 5.92 Å². The molecule has 0 aromatic heterocycles. The lowest BCUT2D eigenvalue weighted by Gasteiger charge is -2.12. The molecule has 0 fully saturated rings. The van der Waals surface area contributed by atoms with Crippen molar-refractivity contribution in [3.8, 4) is 5.75 Å². The molecule has 0 aliphatic carbocycles. The van der Waals surface area contributed by atoms with Crippen molar-refractivity contribution in [3.05, 3.63) is 28.2 Å². The van der Waals surface area contributed by atoms with E-state index in [2.05, 4.69) is 40.5 Å². The average molecular weight is 318 g/mol. The predicted molar refractivity (Wildman–Crippen MR) is 79.9 cm³/mol. The quantitative estimate of drug-likeness (QED) is 0.831. The van der Waals surface area contributed by atoms with E-state index in [4.69, 9.17) is 4.74 Å². The van der Waals surface area contributed by atoms with E-state index in [1.807, 2.05) is 23.9 Å². The van der Waals surface area contributed by atoms with Crippen LogP contribution in [0.25, 0.3) is 0 Å². The second kappa shape index (κ2) is 8.01. The summed E-state index contributed by atoms with van der Waals surface area (Å²) in [5, 5.41) is 3.48. The van der Waals surface area contributed by atoms with Crippen LogP contribution in [-0.4, -0.2) is 25.7 Å². The van der Waals surface area contributed by atoms with Crippen LogP contribution in [0.4, 0.5) is 0 Å². The van der Waals surface area contributed by atoms with Crippen LogP contribution in [0.3, 0.4) is 0 Å². The number of nitrogens with one attached hydrogen (secondary N) is 1. The second-order valence-electron chi connectivity index (χ2n) is 4.15. The maximum Gasteiger partial charge on any atom is 0.119 e. The van der Waals surface area contributed by atoms with E-state index in [9.17, 15) is 0 Å². The molecule has 0 saturated heterocycles. The Hall–Kier alpha value is -0.190. The summed E-state index contributed by atoms with van der Waals surface area (Å²) >= 11 is 5.45. The highest BCUT2D eigenvalue weighted by atomic mass is 79.9. The minimum Gasteiger partial charge on any atom is -0.497 e. The van der Waals surface area contributed by atoms with Gasteiger partial charge in [0.05, 0.1) is 7.11 Å². The Kier molecular flexibility index (Phi) is 7.00. The molecule has 0 heterocycles. The second-order valence-corrected chi connectivity index (χ2v) is 5.91. The van der Waals surface area contributed by atoms with E-state index in [1.165, 1.54) is 11.3 Å². The lowest BCUT2D eigenvalue weighted by atomic mass is 10.2. The maximum atomic E-state index is 5.22. The lowest BCUT2D eigenvalue weighted by molar-refractivity contribution is 0.414. The van der Waals surface area contributed by atoms with Gasteiger partial charge in [0.2, 0.25) is 0 Å². The van der Waals surface area contributed by atoms with Crippen LogP contribution in [-0.2, 0) is 6.54 Å². The molecular weight excluding hydrogens is 298 g/mol. The van der Waals surface area contributed by atoms with Gasteiger partial charge in [-0.15, -0.1) is 0 Å². The molecule has 1 rings (SSSR count). The van der Waals surface area contributed by atoms with Gasteiger partial charge in [-0.25, -0.2) is 0 Å². The molecule has 0 saturated carbocycles. The normalized spacial score (nSPS) is 12.5. The molecule has 2 nitrogen and oxygen atoms in total. The summed E-state index contributed by atoms with van der Waals surface area (Å²) < 4.78 is 6.35. The van der Waals surface area contributed by atoms with Crippen molar-refractivity contribution in [3.63, 3.8) is 0 Å². The van der Waals surface area contributed by atoms with Crippen LogP contribution in [0.1, 0.15) is 12.5 Å². The first-order valence-corrected chi connectivity index (χ1v) is 7.88. The SMILES string of the molecule is COc1ccc(Br)c(CNCC(C)CSC)c1. The predicted octanol–water partition coefficient (Wildman–Crippen LogP) is 3.55. The number of rotatable bonds is 7. The third-order valence-electron chi connectivity index (χ3n) is 2.51. The molecular formula is C13H20BrNOS. The summed E-state index contributed by atoms with van der Waals surface area (Å²) in [6, 6.07) is 6.06. The summed E-state index contributed by atoms with van der Waals surface area (Å²) in [4.78, 5) is 0. The summed E-state index contributed by atoms with van der Waals surface area (Å²) in [6.45, 7) is 4.19. The fraction of sp³-hybridized carbons (Fsp3) is 0.538. The largest absolute Gasteiger partial charge is 0.497 e. The molecule has 1 aromatic carbocycles. The van der Waals surface area contributed by atoms with E-state index in [0.29, 0.717) is 5.92 Å². The van der Waals surface area contributed by atoms with E-state index in [0.717, 1.165) is 23.3 Å². The molecule has 0 spiro atoms. The van der Waals surface area contributed by atoms with Crippen molar-refractivity contribution in [2.75, 3.05) is 25.7 Å². The van der Waals surface area contributed by atoms with Crippen molar-refractivity contribution in [1.29, 1.82) is 0 Å². The number of ether oxygens (including phenoxy) is 1. The molecule has 0 radical (unpaired) electrons. The Morgan fingerprint density at radius 2 is 2.24 bits per heavy atom. The van der Waals surface area contributed by atoms with Gasteiger partial charge < -0.3 is 10.1 Å². The molecule has 1 N–H and O–H groups in total. The van der Waals surface area contributed by atoms with Gasteiger partial charge in [-0.3, -0.25) is 0 Å². The van der Waals surface area contributed by atoms with E-state index in [1.54, 1.807) is 7.11 Å².